The molecule has 2 aliphatic rings. The van der Waals surface area contributed by atoms with Gasteiger partial charge in [-0.25, -0.2) is 32.6 Å². The van der Waals surface area contributed by atoms with Crippen LogP contribution in [0.3, 0.4) is 0 Å². The number of methoxy groups -OCH3 is 1. The van der Waals surface area contributed by atoms with Gasteiger partial charge in [0.2, 0.25) is 11.7 Å². The van der Waals surface area contributed by atoms with E-state index in [-0.39, 0.29) is 58.9 Å². The number of ether oxygens (including phenoxy) is 2. The number of fused-ring (bicyclic) bond motifs is 3. The quantitative estimate of drug-likeness (QED) is 0.173. The van der Waals surface area contributed by atoms with Crippen LogP contribution in [0.2, 0.25) is 0 Å². The number of carbonyl (C=O) groups excluding carboxylic acids is 1. The number of nitrogens with zero attached hydrogens (tertiary/aromatic N) is 4. The number of furan rings is 1. The molecule has 45 heavy (non-hydrogen) atoms. The van der Waals surface area contributed by atoms with E-state index in [4.69, 9.17) is 20.3 Å². The molecule has 0 saturated carbocycles. The molecule has 2 aliphatic heterocycles. The van der Waals surface area contributed by atoms with Crippen molar-refractivity contribution >= 4 is 43.7 Å². The molecule has 4 atom stereocenters. The topological polar surface area (TPSA) is 125 Å². The Morgan fingerprint density at radius 1 is 1.24 bits per heavy atom. The number of anilines is 1. The van der Waals surface area contributed by atoms with Crippen molar-refractivity contribution in [3.05, 3.63) is 53.5 Å². The van der Waals surface area contributed by atoms with Crippen molar-refractivity contribution in [3.8, 4) is 18.2 Å². The lowest BCUT2D eigenvalue weighted by Crippen LogP contribution is -2.41. The molecule has 10 nitrogen and oxygen atoms in total. The SMILES string of the molecule is C#Cc1cnc(O[C@H]2C[C@@H](C(=O)OC)N(c3nc(C(F)(F)F)nc4c3oc3ccccc34)C2)c([C@@]2(F)CCS(=O)(=O)C[C@@H]2C)c1. The maximum absolute atomic E-state index is 16.7. The van der Waals surface area contributed by atoms with Gasteiger partial charge in [0, 0.05) is 35.9 Å². The third kappa shape index (κ3) is 5.41. The van der Waals surface area contributed by atoms with E-state index in [2.05, 4.69) is 20.9 Å². The van der Waals surface area contributed by atoms with Crippen LogP contribution in [0, 0.1) is 18.3 Å². The number of rotatable bonds is 5. The Labute approximate surface area is 254 Å². The van der Waals surface area contributed by atoms with Crippen LogP contribution in [0.5, 0.6) is 5.88 Å². The summed E-state index contributed by atoms with van der Waals surface area (Å²) < 4.78 is 100. The van der Waals surface area contributed by atoms with Gasteiger partial charge in [-0.1, -0.05) is 25.0 Å². The van der Waals surface area contributed by atoms with Gasteiger partial charge in [0.25, 0.3) is 0 Å². The Morgan fingerprint density at radius 2 is 2.00 bits per heavy atom. The van der Waals surface area contributed by atoms with Gasteiger partial charge in [-0.15, -0.1) is 6.42 Å². The average Bonchev–Trinajstić information content (AvgIpc) is 3.59. The lowest BCUT2D eigenvalue weighted by atomic mass is 9.82. The van der Waals surface area contributed by atoms with Crippen molar-refractivity contribution < 1.29 is 44.7 Å². The van der Waals surface area contributed by atoms with Gasteiger partial charge in [0.05, 0.1) is 30.7 Å². The summed E-state index contributed by atoms with van der Waals surface area (Å²) in [5.41, 5.74) is -1.86. The molecule has 0 radical (unpaired) electrons. The lowest BCUT2D eigenvalue weighted by Gasteiger charge is -2.36. The summed E-state index contributed by atoms with van der Waals surface area (Å²) in [6, 6.07) is 6.61. The highest BCUT2D eigenvalue weighted by atomic mass is 32.2. The molecule has 0 unspecified atom stereocenters. The second-order valence-electron chi connectivity index (χ2n) is 11.2. The predicted molar refractivity (Wildman–Crippen MR) is 154 cm³/mol. The molecule has 15 heteroatoms. The highest BCUT2D eigenvalue weighted by Gasteiger charge is 2.49. The number of esters is 1. The van der Waals surface area contributed by atoms with Crippen LogP contribution in [0.4, 0.5) is 23.4 Å². The third-order valence-corrected chi connectivity index (χ3v) is 10.1. The van der Waals surface area contributed by atoms with E-state index < -0.39 is 63.0 Å². The van der Waals surface area contributed by atoms with Crippen LogP contribution in [0.1, 0.15) is 36.7 Å². The predicted octanol–water partition coefficient (Wildman–Crippen LogP) is 4.59. The molecular formula is C30H26F4N4O6S. The molecule has 0 amide bonds. The number of halogens is 4. The number of carbonyl (C=O) groups is 1. The molecule has 0 bridgehead atoms. The molecule has 2 fully saturated rings. The monoisotopic (exact) mass is 646 g/mol. The van der Waals surface area contributed by atoms with Gasteiger partial charge >= 0.3 is 12.1 Å². The molecule has 236 valence electrons. The number of para-hydroxylation sites is 1. The van der Waals surface area contributed by atoms with Crippen LogP contribution >= 0.6 is 0 Å². The maximum atomic E-state index is 16.7. The van der Waals surface area contributed by atoms with E-state index in [0.717, 1.165) is 7.11 Å². The molecule has 5 heterocycles. The van der Waals surface area contributed by atoms with Crippen LogP contribution in [0.25, 0.3) is 22.1 Å². The first kappa shape index (κ1) is 30.6. The Bertz CT molecular complexity index is 1970. The Morgan fingerprint density at radius 3 is 2.69 bits per heavy atom. The minimum absolute atomic E-state index is 0.0468. The van der Waals surface area contributed by atoms with Crippen LogP contribution in [-0.4, -0.2) is 66.6 Å². The summed E-state index contributed by atoms with van der Waals surface area (Å²) in [7, 11) is -2.33. The van der Waals surface area contributed by atoms with Crippen molar-refractivity contribution in [2.45, 2.75) is 43.8 Å². The van der Waals surface area contributed by atoms with E-state index in [1.807, 2.05) is 0 Å². The molecule has 0 N–H and O–H groups in total. The van der Waals surface area contributed by atoms with Crippen LogP contribution in [0.15, 0.2) is 40.9 Å². The number of benzene rings is 1. The van der Waals surface area contributed by atoms with Crippen molar-refractivity contribution in [1.82, 2.24) is 15.0 Å². The summed E-state index contributed by atoms with van der Waals surface area (Å²) in [5.74, 6) is -2.04. The van der Waals surface area contributed by atoms with E-state index in [1.165, 1.54) is 24.1 Å². The number of pyridine rings is 1. The third-order valence-electron chi connectivity index (χ3n) is 8.27. The average molecular weight is 647 g/mol. The maximum Gasteiger partial charge on any atom is 0.451 e. The van der Waals surface area contributed by atoms with Gasteiger partial charge in [-0.2, -0.15) is 13.2 Å². The molecule has 1 aromatic carbocycles. The fourth-order valence-electron chi connectivity index (χ4n) is 6.00. The van der Waals surface area contributed by atoms with Gasteiger partial charge in [-0.3, -0.25) is 0 Å². The van der Waals surface area contributed by atoms with Gasteiger partial charge in [0.1, 0.15) is 28.9 Å². The van der Waals surface area contributed by atoms with Gasteiger partial charge in [-0.05, 0) is 18.2 Å². The van der Waals surface area contributed by atoms with Crippen molar-refractivity contribution in [3.63, 3.8) is 0 Å². The van der Waals surface area contributed by atoms with Gasteiger partial charge in [0.15, 0.2) is 21.2 Å². The fraction of sp³-hybridized carbons (Fsp3) is 0.400. The van der Waals surface area contributed by atoms with E-state index in [9.17, 15) is 26.4 Å². The first-order valence-electron chi connectivity index (χ1n) is 13.9. The molecule has 2 saturated heterocycles. The second-order valence-corrected chi connectivity index (χ2v) is 13.4. The smallest absolute Gasteiger partial charge is 0.451 e. The van der Waals surface area contributed by atoms with Crippen LogP contribution in [-0.2, 0) is 31.2 Å². The van der Waals surface area contributed by atoms with Gasteiger partial charge < -0.3 is 18.8 Å². The van der Waals surface area contributed by atoms with Crippen LogP contribution < -0.4 is 9.64 Å². The molecular weight excluding hydrogens is 620 g/mol. The zero-order chi connectivity index (χ0) is 32.3. The minimum atomic E-state index is -4.92. The lowest BCUT2D eigenvalue weighted by molar-refractivity contribution is -0.144. The van der Waals surface area contributed by atoms with Crippen molar-refractivity contribution in [2.75, 3.05) is 30.1 Å². The largest absolute Gasteiger partial charge is 0.472 e. The minimum Gasteiger partial charge on any atom is -0.472 e. The number of hydrogen-bond donors (Lipinski definition) is 0. The fourth-order valence-corrected chi connectivity index (χ4v) is 7.80. The molecule has 4 aromatic rings. The molecule has 0 spiro atoms. The molecule has 3 aromatic heterocycles. The summed E-state index contributed by atoms with van der Waals surface area (Å²) >= 11 is 0. The number of terminal acetylenes is 1. The van der Waals surface area contributed by atoms with Crippen molar-refractivity contribution in [1.29, 1.82) is 0 Å². The van der Waals surface area contributed by atoms with Crippen molar-refractivity contribution in [2.24, 2.45) is 5.92 Å². The number of sulfone groups is 1. The molecule has 6 rings (SSSR count). The highest BCUT2D eigenvalue weighted by Crippen LogP contribution is 2.46. The van der Waals surface area contributed by atoms with E-state index >= 15 is 4.39 Å². The molecule has 0 aliphatic carbocycles. The van der Waals surface area contributed by atoms with E-state index in [0.29, 0.717) is 5.39 Å². The first-order valence-corrected chi connectivity index (χ1v) is 15.7. The number of alkyl halides is 4. The first-order chi connectivity index (χ1) is 21.2. The summed E-state index contributed by atoms with van der Waals surface area (Å²) in [6.07, 6.45) is 0.533. The summed E-state index contributed by atoms with van der Waals surface area (Å²) in [4.78, 5) is 26.0. The standard InChI is InChI=1S/C30H26F4N4O6S/c1-4-17-11-20(29(31)9-10-45(40,41)15-16(29)2)26(35-13-17)43-18-12-21(27(39)42-3)38(14-18)25-24-23(36-28(37-25)30(32,33)34)19-7-5-6-8-22(19)44-24/h1,5-8,11,13,16,18,21H,9-10,12,14-15H2,2-3H3/t16-,18-,21-,29+/m0/s1. The summed E-state index contributed by atoms with van der Waals surface area (Å²) in [5, 5.41) is 0.322. The number of hydrogen-bond acceptors (Lipinski definition) is 10. The van der Waals surface area contributed by atoms with E-state index in [1.54, 1.807) is 24.3 Å². The second kappa shape index (κ2) is 10.9. The zero-order valence-corrected chi connectivity index (χ0v) is 24.8. The Balaban J connectivity index is 1.42. The normalized spacial score (nSPS) is 24.9. The summed E-state index contributed by atoms with van der Waals surface area (Å²) in [6.45, 7) is 1.28. The Kier molecular flexibility index (Phi) is 7.38. The number of aromatic nitrogens is 3. The highest BCUT2D eigenvalue weighted by molar-refractivity contribution is 7.91. The Hall–Kier alpha value is -4.45. The zero-order valence-electron chi connectivity index (χ0n) is 24.0.